The second-order valence-corrected chi connectivity index (χ2v) is 7.87. The first kappa shape index (κ1) is 15.0. The van der Waals surface area contributed by atoms with E-state index in [-0.39, 0.29) is 16.9 Å². The Morgan fingerprint density at radius 1 is 1.24 bits per heavy atom. The zero-order chi connectivity index (χ0) is 13.3. The number of aliphatic hydroxyl groups excluding tert-OH is 1. The van der Waals surface area contributed by atoms with Crippen LogP contribution in [0.3, 0.4) is 0 Å². The highest BCUT2D eigenvalue weighted by Crippen LogP contribution is 2.49. The molecule has 1 saturated carbocycles. The molecule has 0 aromatic rings. The van der Waals surface area contributed by atoms with Crippen molar-refractivity contribution in [2.75, 3.05) is 6.54 Å². The van der Waals surface area contributed by atoms with E-state index in [4.69, 9.17) is 5.73 Å². The molecule has 1 aliphatic rings. The molecule has 3 N–H and O–H groups in total. The number of nitrogens with two attached hydrogens (primary N) is 1. The van der Waals surface area contributed by atoms with Crippen LogP contribution < -0.4 is 5.73 Å². The van der Waals surface area contributed by atoms with Crippen LogP contribution in [0.2, 0.25) is 0 Å². The minimum Gasteiger partial charge on any atom is -0.392 e. The summed E-state index contributed by atoms with van der Waals surface area (Å²) in [7, 11) is 0. The Morgan fingerprint density at radius 2 is 1.82 bits per heavy atom. The summed E-state index contributed by atoms with van der Waals surface area (Å²) in [6.45, 7) is 11.8. The molecule has 0 aromatic heterocycles. The van der Waals surface area contributed by atoms with Crippen LogP contribution in [0.4, 0.5) is 0 Å². The lowest BCUT2D eigenvalue weighted by molar-refractivity contribution is -0.0958. The van der Waals surface area contributed by atoms with Crippen molar-refractivity contribution >= 4 is 0 Å². The van der Waals surface area contributed by atoms with E-state index < -0.39 is 0 Å². The molecule has 2 nitrogen and oxygen atoms in total. The SMILES string of the molecule is CC(C)(C)CCC1(CN)CCCC(C)(C)C1O. The van der Waals surface area contributed by atoms with E-state index in [0.717, 1.165) is 25.7 Å². The van der Waals surface area contributed by atoms with Crippen molar-refractivity contribution in [1.82, 2.24) is 0 Å². The van der Waals surface area contributed by atoms with Gasteiger partial charge in [0, 0.05) is 12.0 Å². The van der Waals surface area contributed by atoms with Gasteiger partial charge in [0.05, 0.1) is 6.10 Å². The summed E-state index contributed by atoms with van der Waals surface area (Å²) in [6.07, 6.45) is 5.34. The van der Waals surface area contributed by atoms with Gasteiger partial charge in [-0.15, -0.1) is 0 Å². The predicted octanol–water partition coefficient (Wildman–Crippen LogP) is 3.33. The van der Waals surface area contributed by atoms with Crippen molar-refractivity contribution in [1.29, 1.82) is 0 Å². The maximum atomic E-state index is 10.7. The Morgan fingerprint density at radius 3 is 2.29 bits per heavy atom. The normalized spacial score (nSPS) is 33.7. The van der Waals surface area contributed by atoms with Crippen molar-refractivity contribution in [3.8, 4) is 0 Å². The summed E-state index contributed by atoms with van der Waals surface area (Å²) in [5.74, 6) is 0. The van der Waals surface area contributed by atoms with Gasteiger partial charge in [0.25, 0.3) is 0 Å². The highest BCUT2D eigenvalue weighted by molar-refractivity contribution is 4.99. The topological polar surface area (TPSA) is 46.2 Å². The predicted molar refractivity (Wildman–Crippen MR) is 73.8 cm³/mol. The van der Waals surface area contributed by atoms with Crippen molar-refractivity contribution < 1.29 is 5.11 Å². The molecule has 0 spiro atoms. The van der Waals surface area contributed by atoms with Gasteiger partial charge in [0.2, 0.25) is 0 Å². The van der Waals surface area contributed by atoms with E-state index in [1.807, 2.05) is 0 Å². The van der Waals surface area contributed by atoms with Gasteiger partial charge < -0.3 is 10.8 Å². The molecule has 0 heterocycles. The molecule has 1 fully saturated rings. The van der Waals surface area contributed by atoms with Crippen LogP contribution in [0.5, 0.6) is 0 Å². The van der Waals surface area contributed by atoms with E-state index >= 15 is 0 Å². The molecular formula is C15H31NO. The zero-order valence-corrected chi connectivity index (χ0v) is 12.3. The van der Waals surface area contributed by atoms with Crippen LogP contribution in [-0.4, -0.2) is 17.8 Å². The van der Waals surface area contributed by atoms with Crippen LogP contribution in [-0.2, 0) is 0 Å². The number of hydrogen-bond acceptors (Lipinski definition) is 2. The molecule has 2 heteroatoms. The molecule has 2 unspecified atom stereocenters. The molecule has 0 aliphatic heterocycles. The van der Waals surface area contributed by atoms with Gasteiger partial charge >= 0.3 is 0 Å². The van der Waals surface area contributed by atoms with Crippen molar-refractivity contribution in [3.63, 3.8) is 0 Å². The first-order valence-corrected chi connectivity index (χ1v) is 7.01. The van der Waals surface area contributed by atoms with Gasteiger partial charge in [0.15, 0.2) is 0 Å². The fraction of sp³-hybridized carbons (Fsp3) is 1.00. The summed E-state index contributed by atoms with van der Waals surface area (Å²) in [4.78, 5) is 0. The molecule has 2 atom stereocenters. The largest absolute Gasteiger partial charge is 0.392 e. The summed E-state index contributed by atoms with van der Waals surface area (Å²) in [5, 5.41) is 10.7. The molecular weight excluding hydrogens is 210 g/mol. The first-order chi connectivity index (χ1) is 7.63. The van der Waals surface area contributed by atoms with Crippen LogP contribution in [0.1, 0.15) is 66.7 Å². The summed E-state index contributed by atoms with van der Waals surface area (Å²) < 4.78 is 0. The lowest BCUT2D eigenvalue weighted by Crippen LogP contribution is -2.52. The van der Waals surface area contributed by atoms with Crippen molar-refractivity contribution in [3.05, 3.63) is 0 Å². The van der Waals surface area contributed by atoms with E-state index in [1.54, 1.807) is 0 Å². The van der Waals surface area contributed by atoms with E-state index in [1.165, 1.54) is 6.42 Å². The quantitative estimate of drug-likeness (QED) is 0.796. The van der Waals surface area contributed by atoms with Crippen LogP contribution in [0, 0.1) is 16.2 Å². The molecule has 1 rings (SSSR count). The maximum Gasteiger partial charge on any atom is 0.0659 e. The lowest BCUT2D eigenvalue weighted by atomic mass is 9.58. The van der Waals surface area contributed by atoms with E-state index in [2.05, 4.69) is 34.6 Å². The second kappa shape index (κ2) is 4.89. The summed E-state index contributed by atoms with van der Waals surface area (Å²) >= 11 is 0. The van der Waals surface area contributed by atoms with Gasteiger partial charge in [-0.05, 0) is 36.5 Å². The number of hydrogen-bond donors (Lipinski definition) is 2. The Kier molecular flexibility index (Phi) is 4.31. The average molecular weight is 241 g/mol. The van der Waals surface area contributed by atoms with Crippen LogP contribution >= 0.6 is 0 Å². The zero-order valence-electron chi connectivity index (χ0n) is 12.3. The molecule has 102 valence electrons. The smallest absolute Gasteiger partial charge is 0.0659 e. The van der Waals surface area contributed by atoms with Crippen molar-refractivity contribution in [2.45, 2.75) is 72.8 Å². The average Bonchev–Trinajstić information content (AvgIpc) is 2.20. The molecule has 17 heavy (non-hydrogen) atoms. The molecule has 0 radical (unpaired) electrons. The number of aliphatic hydroxyl groups is 1. The standard InChI is InChI=1S/C15H31NO/c1-13(2,3)9-10-15(11-16)8-6-7-14(4,5)12(15)17/h12,17H,6-11,16H2,1-5H3. The highest BCUT2D eigenvalue weighted by Gasteiger charge is 2.47. The Bertz CT molecular complexity index is 254. The number of rotatable bonds is 3. The molecule has 0 amide bonds. The van der Waals surface area contributed by atoms with Gasteiger partial charge in [-0.25, -0.2) is 0 Å². The summed E-state index contributed by atoms with van der Waals surface area (Å²) in [6, 6.07) is 0. The van der Waals surface area contributed by atoms with Gasteiger partial charge in [-0.3, -0.25) is 0 Å². The maximum absolute atomic E-state index is 10.7. The highest BCUT2D eigenvalue weighted by atomic mass is 16.3. The minimum absolute atomic E-state index is 0.0233. The fourth-order valence-corrected chi connectivity index (χ4v) is 3.20. The third-order valence-corrected chi connectivity index (χ3v) is 4.60. The Balaban J connectivity index is 2.80. The van der Waals surface area contributed by atoms with Crippen LogP contribution in [0.25, 0.3) is 0 Å². The molecule has 1 aliphatic carbocycles. The van der Waals surface area contributed by atoms with Gasteiger partial charge in [-0.1, -0.05) is 41.0 Å². The fourth-order valence-electron chi connectivity index (χ4n) is 3.20. The van der Waals surface area contributed by atoms with Gasteiger partial charge in [-0.2, -0.15) is 0 Å². The van der Waals surface area contributed by atoms with Gasteiger partial charge in [0.1, 0.15) is 0 Å². The molecule has 0 saturated heterocycles. The first-order valence-electron chi connectivity index (χ1n) is 7.01. The third kappa shape index (κ3) is 3.45. The third-order valence-electron chi connectivity index (χ3n) is 4.60. The lowest BCUT2D eigenvalue weighted by Gasteiger charge is -2.50. The van der Waals surface area contributed by atoms with Crippen LogP contribution in [0.15, 0.2) is 0 Å². The molecule has 0 aromatic carbocycles. The monoisotopic (exact) mass is 241 g/mol. The minimum atomic E-state index is -0.254. The Labute approximate surface area is 107 Å². The Hall–Kier alpha value is -0.0800. The summed E-state index contributed by atoms with van der Waals surface area (Å²) in [5.41, 5.74) is 6.32. The second-order valence-electron chi connectivity index (χ2n) is 7.87. The van der Waals surface area contributed by atoms with Crippen molar-refractivity contribution in [2.24, 2.45) is 22.0 Å². The molecule has 0 bridgehead atoms. The van der Waals surface area contributed by atoms with E-state index in [0.29, 0.717) is 12.0 Å². The van der Waals surface area contributed by atoms with E-state index in [9.17, 15) is 5.11 Å².